The molecule has 1 aliphatic carbocycles. The van der Waals surface area contributed by atoms with Crippen LogP contribution < -0.4 is 0 Å². The molecular weight excluding hydrogens is 132 g/mol. The quantitative estimate of drug-likeness (QED) is 0.493. The van der Waals surface area contributed by atoms with E-state index in [1.54, 1.807) is 0 Å². The van der Waals surface area contributed by atoms with Crippen LogP contribution in [0.1, 0.15) is 13.3 Å². The molecule has 1 radical (unpaired) electrons. The fraction of sp³-hybridized carbons (Fsp3) is 0.375. The lowest BCUT2D eigenvalue weighted by Gasteiger charge is -2.20. The van der Waals surface area contributed by atoms with Crippen molar-refractivity contribution >= 4 is 11.6 Å². The molecule has 0 aliphatic heterocycles. The molecule has 1 aliphatic rings. The Hall–Kier alpha value is -0.230. The fourth-order valence-corrected chi connectivity index (χ4v) is 0.932. The molecule has 0 fully saturated rings. The SMILES string of the molecule is CCC1(Cl)[CH]C=CC=C1. The van der Waals surface area contributed by atoms with Crippen molar-refractivity contribution in [1.82, 2.24) is 0 Å². The monoisotopic (exact) mass is 141 g/mol. The third-order valence-electron chi connectivity index (χ3n) is 1.51. The molecule has 49 valence electrons. The van der Waals surface area contributed by atoms with Gasteiger partial charge in [0.1, 0.15) is 0 Å². The maximum Gasteiger partial charge on any atom is 0.0695 e. The van der Waals surface area contributed by atoms with E-state index in [1.807, 2.05) is 30.7 Å². The van der Waals surface area contributed by atoms with Gasteiger partial charge in [-0.15, -0.1) is 11.6 Å². The number of allylic oxidation sites excluding steroid dienone is 4. The summed E-state index contributed by atoms with van der Waals surface area (Å²) in [6.07, 6.45) is 10.9. The van der Waals surface area contributed by atoms with Crippen molar-refractivity contribution in [1.29, 1.82) is 0 Å². The van der Waals surface area contributed by atoms with Crippen molar-refractivity contribution in [2.45, 2.75) is 18.2 Å². The minimum Gasteiger partial charge on any atom is -0.114 e. The van der Waals surface area contributed by atoms with E-state index >= 15 is 0 Å². The van der Waals surface area contributed by atoms with Crippen LogP contribution in [-0.2, 0) is 0 Å². The summed E-state index contributed by atoms with van der Waals surface area (Å²) in [6, 6.07) is 0. The van der Waals surface area contributed by atoms with Gasteiger partial charge in [-0.2, -0.15) is 0 Å². The lowest BCUT2D eigenvalue weighted by Crippen LogP contribution is -2.17. The smallest absolute Gasteiger partial charge is 0.0695 e. The molecule has 0 saturated heterocycles. The molecule has 1 unspecified atom stereocenters. The third-order valence-corrected chi connectivity index (χ3v) is 2.03. The van der Waals surface area contributed by atoms with Gasteiger partial charge in [-0.3, -0.25) is 0 Å². The Kier molecular flexibility index (Phi) is 1.97. The molecule has 0 bridgehead atoms. The maximum absolute atomic E-state index is 6.07. The zero-order chi connectivity index (χ0) is 6.74. The van der Waals surface area contributed by atoms with Crippen LogP contribution in [0, 0.1) is 6.42 Å². The predicted molar refractivity (Wildman–Crippen MR) is 41.5 cm³/mol. The van der Waals surface area contributed by atoms with Crippen LogP contribution in [0.5, 0.6) is 0 Å². The standard InChI is InChI=1S/C8H10Cl/c1-2-8(9)6-4-3-5-7-8/h3-7H,2H2,1H3. The molecule has 0 aromatic carbocycles. The number of halogens is 1. The lowest BCUT2D eigenvalue weighted by molar-refractivity contribution is 0.776. The highest BCUT2D eigenvalue weighted by Gasteiger charge is 2.20. The topological polar surface area (TPSA) is 0 Å². The van der Waals surface area contributed by atoms with E-state index in [-0.39, 0.29) is 4.87 Å². The van der Waals surface area contributed by atoms with Crippen LogP contribution in [0.2, 0.25) is 0 Å². The molecule has 0 N–H and O–H groups in total. The first-order valence-corrected chi connectivity index (χ1v) is 3.54. The van der Waals surface area contributed by atoms with Crippen LogP contribution in [0.4, 0.5) is 0 Å². The molecule has 0 spiro atoms. The average molecular weight is 142 g/mol. The normalized spacial score (nSPS) is 33.1. The number of hydrogen-bond acceptors (Lipinski definition) is 0. The third kappa shape index (κ3) is 1.59. The van der Waals surface area contributed by atoms with Crippen LogP contribution in [0.3, 0.4) is 0 Å². The fourth-order valence-electron chi connectivity index (χ4n) is 0.786. The highest BCUT2D eigenvalue weighted by Crippen LogP contribution is 2.27. The first-order valence-electron chi connectivity index (χ1n) is 3.16. The minimum atomic E-state index is -0.200. The van der Waals surface area contributed by atoms with Crippen LogP contribution in [0.15, 0.2) is 24.3 Å². The van der Waals surface area contributed by atoms with Gasteiger partial charge in [0.15, 0.2) is 0 Å². The molecule has 1 atom stereocenters. The van der Waals surface area contributed by atoms with Gasteiger partial charge < -0.3 is 0 Å². The van der Waals surface area contributed by atoms with E-state index in [0.29, 0.717) is 0 Å². The van der Waals surface area contributed by atoms with E-state index in [2.05, 4.69) is 6.92 Å². The molecule has 0 saturated carbocycles. The Balaban J connectivity index is 2.63. The van der Waals surface area contributed by atoms with Gasteiger partial charge in [0.05, 0.1) is 4.87 Å². The summed E-state index contributed by atoms with van der Waals surface area (Å²) in [5.41, 5.74) is 0. The molecule has 0 nitrogen and oxygen atoms in total. The molecule has 0 aromatic rings. The molecular formula is C8H10Cl. The van der Waals surface area contributed by atoms with Crippen molar-refractivity contribution in [3.8, 4) is 0 Å². The van der Waals surface area contributed by atoms with E-state index < -0.39 is 0 Å². The van der Waals surface area contributed by atoms with Crippen molar-refractivity contribution in [3.63, 3.8) is 0 Å². The van der Waals surface area contributed by atoms with Crippen molar-refractivity contribution in [2.75, 3.05) is 0 Å². The summed E-state index contributed by atoms with van der Waals surface area (Å²) < 4.78 is 0. The Morgan fingerprint density at radius 3 is 2.44 bits per heavy atom. The van der Waals surface area contributed by atoms with E-state index in [1.165, 1.54) is 0 Å². The summed E-state index contributed by atoms with van der Waals surface area (Å²) in [5, 5.41) is 0. The summed E-state index contributed by atoms with van der Waals surface area (Å²) in [4.78, 5) is -0.200. The first-order chi connectivity index (χ1) is 4.27. The van der Waals surface area contributed by atoms with E-state index in [0.717, 1.165) is 6.42 Å². The van der Waals surface area contributed by atoms with Gasteiger partial charge in [-0.1, -0.05) is 31.2 Å². The van der Waals surface area contributed by atoms with Gasteiger partial charge in [0.2, 0.25) is 0 Å². The highest BCUT2D eigenvalue weighted by molar-refractivity contribution is 6.26. The number of hydrogen-bond donors (Lipinski definition) is 0. The maximum atomic E-state index is 6.07. The van der Waals surface area contributed by atoms with Gasteiger partial charge in [-0.25, -0.2) is 0 Å². The van der Waals surface area contributed by atoms with E-state index in [9.17, 15) is 0 Å². The Morgan fingerprint density at radius 1 is 1.33 bits per heavy atom. The number of alkyl halides is 1. The summed E-state index contributed by atoms with van der Waals surface area (Å²) in [5.74, 6) is 0. The summed E-state index contributed by atoms with van der Waals surface area (Å²) >= 11 is 6.07. The van der Waals surface area contributed by atoms with Gasteiger partial charge in [0, 0.05) is 6.42 Å². The van der Waals surface area contributed by atoms with E-state index in [4.69, 9.17) is 11.6 Å². The van der Waals surface area contributed by atoms with Crippen molar-refractivity contribution < 1.29 is 0 Å². The largest absolute Gasteiger partial charge is 0.114 e. The van der Waals surface area contributed by atoms with Crippen LogP contribution >= 0.6 is 11.6 Å². The number of rotatable bonds is 1. The first kappa shape index (κ1) is 6.88. The zero-order valence-electron chi connectivity index (χ0n) is 5.47. The molecule has 0 aromatic heterocycles. The second-order valence-corrected chi connectivity index (χ2v) is 2.89. The summed E-state index contributed by atoms with van der Waals surface area (Å²) in [6.45, 7) is 2.08. The molecule has 1 heteroatoms. The Morgan fingerprint density at radius 2 is 2.11 bits per heavy atom. The van der Waals surface area contributed by atoms with Gasteiger partial charge in [-0.05, 0) is 6.42 Å². The van der Waals surface area contributed by atoms with Crippen molar-refractivity contribution in [3.05, 3.63) is 30.7 Å². The van der Waals surface area contributed by atoms with Gasteiger partial charge in [0.25, 0.3) is 0 Å². The predicted octanol–water partition coefficient (Wildman–Crippen LogP) is 2.70. The summed E-state index contributed by atoms with van der Waals surface area (Å²) in [7, 11) is 0. The Bertz CT molecular complexity index is 147. The second-order valence-electron chi connectivity index (χ2n) is 2.19. The lowest BCUT2D eigenvalue weighted by atomic mass is 9.97. The highest BCUT2D eigenvalue weighted by atomic mass is 35.5. The van der Waals surface area contributed by atoms with Crippen molar-refractivity contribution in [2.24, 2.45) is 0 Å². The average Bonchev–Trinajstić information content (AvgIpc) is 1.90. The molecule has 9 heavy (non-hydrogen) atoms. The molecule has 1 rings (SSSR count). The second kappa shape index (κ2) is 2.57. The molecule has 0 amide bonds. The zero-order valence-corrected chi connectivity index (χ0v) is 6.23. The van der Waals surface area contributed by atoms with Crippen LogP contribution in [0.25, 0.3) is 0 Å². The van der Waals surface area contributed by atoms with Crippen LogP contribution in [-0.4, -0.2) is 4.87 Å². The Labute approximate surface area is 61.2 Å². The minimum absolute atomic E-state index is 0.200. The molecule has 0 heterocycles. The van der Waals surface area contributed by atoms with Gasteiger partial charge >= 0.3 is 0 Å².